The zero-order valence-electron chi connectivity index (χ0n) is 16.7. The van der Waals surface area contributed by atoms with Gasteiger partial charge in [0, 0.05) is 17.6 Å². The summed E-state index contributed by atoms with van der Waals surface area (Å²) in [6.45, 7) is 1.73. The molecule has 1 N–H and O–H groups in total. The standard InChI is InChI=1S/C24H31N3/c1-27(2)18-20-10-8-9-19(15-20)17-25-23-24(13-6-3-7-14-24)16-21-11-4-5-12-22(21)26-23/h4-5,8-12,15H,3,6-7,13-14,16-18H2,1-2H3,(H,25,26). The van der Waals surface area contributed by atoms with Crippen molar-refractivity contribution in [1.82, 2.24) is 4.90 Å². The molecule has 0 bridgehead atoms. The van der Waals surface area contributed by atoms with Crippen LogP contribution in [0.25, 0.3) is 0 Å². The van der Waals surface area contributed by atoms with Gasteiger partial charge in [-0.15, -0.1) is 0 Å². The lowest BCUT2D eigenvalue weighted by atomic mass is 9.67. The highest BCUT2D eigenvalue weighted by Crippen LogP contribution is 2.45. The summed E-state index contributed by atoms with van der Waals surface area (Å²) in [5, 5.41) is 3.72. The van der Waals surface area contributed by atoms with E-state index < -0.39 is 0 Å². The third kappa shape index (κ3) is 4.08. The van der Waals surface area contributed by atoms with Crippen molar-refractivity contribution in [2.75, 3.05) is 19.4 Å². The minimum Gasteiger partial charge on any atom is -0.343 e. The topological polar surface area (TPSA) is 27.6 Å². The first-order valence-electron chi connectivity index (χ1n) is 10.3. The van der Waals surface area contributed by atoms with E-state index in [0.717, 1.165) is 19.5 Å². The summed E-state index contributed by atoms with van der Waals surface area (Å²) >= 11 is 0. The molecular formula is C24H31N3. The number of hydrogen-bond acceptors (Lipinski definition) is 2. The molecular weight excluding hydrogens is 330 g/mol. The van der Waals surface area contributed by atoms with Gasteiger partial charge >= 0.3 is 0 Å². The molecule has 1 fully saturated rings. The molecule has 2 aliphatic rings. The van der Waals surface area contributed by atoms with E-state index in [9.17, 15) is 0 Å². The number of anilines is 1. The highest BCUT2D eigenvalue weighted by atomic mass is 15.0. The van der Waals surface area contributed by atoms with Crippen LogP contribution in [0, 0.1) is 5.41 Å². The summed E-state index contributed by atoms with van der Waals surface area (Å²) in [5.41, 5.74) is 5.56. The molecule has 27 heavy (non-hydrogen) atoms. The molecule has 0 unspecified atom stereocenters. The Morgan fingerprint density at radius 3 is 2.56 bits per heavy atom. The average Bonchev–Trinajstić information content (AvgIpc) is 2.67. The van der Waals surface area contributed by atoms with Crippen LogP contribution in [0.2, 0.25) is 0 Å². The molecule has 142 valence electrons. The number of benzene rings is 2. The molecule has 4 rings (SSSR count). The molecule has 3 heteroatoms. The van der Waals surface area contributed by atoms with Gasteiger partial charge in [-0.05, 0) is 56.1 Å². The maximum atomic E-state index is 5.14. The summed E-state index contributed by atoms with van der Waals surface area (Å²) in [7, 11) is 4.23. The summed E-state index contributed by atoms with van der Waals surface area (Å²) in [6, 6.07) is 17.6. The number of para-hydroxylation sites is 1. The molecule has 1 heterocycles. The number of rotatable bonds is 4. The quantitative estimate of drug-likeness (QED) is 0.804. The van der Waals surface area contributed by atoms with Crippen LogP contribution >= 0.6 is 0 Å². The van der Waals surface area contributed by atoms with Crippen LogP contribution < -0.4 is 5.32 Å². The van der Waals surface area contributed by atoms with Crippen molar-refractivity contribution in [3.63, 3.8) is 0 Å². The van der Waals surface area contributed by atoms with Gasteiger partial charge in [0.1, 0.15) is 5.84 Å². The fourth-order valence-corrected chi connectivity index (χ4v) is 4.72. The maximum Gasteiger partial charge on any atom is 0.108 e. The van der Waals surface area contributed by atoms with Crippen molar-refractivity contribution in [3.05, 3.63) is 65.2 Å². The number of nitrogens with one attached hydrogen (secondary N) is 1. The highest BCUT2D eigenvalue weighted by molar-refractivity contribution is 6.02. The van der Waals surface area contributed by atoms with E-state index >= 15 is 0 Å². The largest absolute Gasteiger partial charge is 0.343 e. The van der Waals surface area contributed by atoms with Crippen molar-refractivity contribution in [2.45, 2.75) is 51.6 Å². The summed E-state index contributed by atoms with van der Waals surface area (Å²) < 4.78 is 0. The Bertz CT molecular complexity index is 816. The molecule has 3 nitrogen and oxygen atoms in total. The van der Waals surface area contributed by atoms with Gasteiger partial charge in [-0.25, -0.2) is 0 Å². The molecule has 1 saturated carbocycles. The molecule has 2 aromatic carbocycles. The first-order valence-corrected chi connectivity index (χ1v) is 10.3. The lowest BCUT2D eigenvalue weighted by Gasteiger charge is -2.42. The summed E-state index contributed by atoms with van der Waals surface area (Å²) in [4.78, 5) is 7.35. The smallest absolute Gasteiger partial charge is 0.108 e. The van der Waals surface area contributed by atoms with Gasteiger partial charge in [-0.3, -0.25) is 4.99 Å². The zero-order chi connectivity index (χ0) is 18.7. The Hall–Kier alpha value is -2.13. The van der Waals surface area contributed by atoms with Crippen molar-refractivity contribution < 1.29 is 0 Å². The number of hydrogen-bond donors (Lipinski definition) is 1. The Balaban J connectivity index is 1.60. The summed E-state index contributed by atoms with van der Waals surface area (Å²) in [5.74, 6) is 1.22. The molecule has 0 amide bonds. The molecule has 0 saturated heterocycles. The van der Waals surface area contributed by atoms with Gasteiger partial charge in [0.2, 0.25) is 0 Å². The van der Waals surface area contributed by atoms with E-state index in [1.54, 1.807) is 0 Å². The second-order valence-corrected chi connectivity index (χ2v) is 8.52. The number of nitrogens with zero attached hydrogens (tertiary/aromatic N) is 2. The van der Waals surface area contributed by atoms with Gasteiger partial charge in [0.05, 0.1) is 6.54 Å². The molecule has 0 aromatic heterocycles. The maximum absolute atomic E-state index is 5.14. The second-order valence-electron chi connectivity index (χ2n) is 8.52. The minimum absolute atomic E-state index is 0.216. The molecule has 1 aliphatic carbocycles. The Labute approximate surface area is 163 Å². The Morgan fingerprint density at radius 1 is 0.963 bits per heavy atom. The highest BCUT2D eigenvalue weighted by Gasteiger charge is 2.40. The van der Waals surface area contributed by atoms with Gasteiger partial charge in [0.15, 0.2) is 0 Å². The predicted molar refractivity (Wildman–Crippen MR) is 114 cm³/mol. The molecule has 0 radical (unpaired) electrons. The van der Waals surface area contributed by atoms with Gasteiger partial charge in [0.25, 0.3) is 0 Å². The van der Waals surface area contributed by atoms with Crippen molar-refractivity contribution in [2.24, 2.45) is 10.4 Å². The van der Waals surface area contributed by atoms with Crippen LogP contribution in [0.4, 0.5) is 5.69 Å². The normalized spacial score (nSPS) is 19.9. The van der Waals surface area contributed by atoms with Crippen LogP contribution in [-0.2, 0) is 19.5 Å². The lowest BCUT2D eigenvalue weighted by molar-refractivity contribution is 0.278. The lowest BCUT2D eigenvalue weighted by Crippen LogP contribution is -2.43. The van der Waals surface area contributed by atoms with E-state index in [1.807, 2.05) is 0 Å². The first-order chi connectivity index (χ1) is 13.1. The zero-order valence-corrected chi connectivity index (χ0v) is 16.7. The summed E-state index contributed by atoms with van der Waals surface area (Å²) in [6.07, 6.45) is 7.66. The van der Waals surface area contributed by atoms with Gasteiger partial charge in [-0.1, -0.05) is 61.7 Å². The molecule has 1 spiro atoms. The van der Waals surface area contributed by atoms with Crippen LogP contribution in [0.5, 0.6) is 0 Å². The van der Waals surface area contributed by atoms with Crippen molar-refractivity contribution in [3.8, 4) is 0 Å². The molecule has 0 atom stereocenters. The van der Waals surface area contributed by atoms with E-state index in [4.69, 9.17) is 4.99 Å². The first kappa shape index (κ1) is 18.2. The molecule has 1 aliphatic heterocycles. The SMILES string of the molecule is CN(C)Cc1cccc(CN=C2Nc3ccccc3CC23CCCCC3)c1. The molecule has 2 aromatic rings. The number of amidine groups is 1. The average molecular weight is 362 g/mol. The second kappa shape index (κ2) is 7.85. The number of aliphatic imine (C=N–C) groups is 1. The fourth-order valence-electron chi connectivity index (χ4n) is 4.72. The fraction of sp³-hybridized carbons (Fsp3) is 0.458. The Morgan fingerprint density at radius 2 is 1.74 bits per heavy atom. The van der Waals surface area contributed by atoms with Gasteiger partial charge in [-0.2, -0.15) is 0 Å². The monoisotopic (exact) mass is 361 g/mol. The van der Waals surface area contributed by atoms with E-state index in [-0.39, 0.29) is 5.41 Å². The van der Waals surface area contributed by atoms with Crippen molar-refractivity contribution in [1.29, 1.82) is 0 Å². The van der Waals surface area contributed by atoms with Crippen LogP contribution in [-0.4, -0.2) is 24.8 Å². The van der Waals surface area contributed by atoms with Gasteiger partial charge < -0.3 is 10.2 Å². The van der Waals surface area contributed by atoms with Crippen LogP contribution in [0.1, 0.15) is 48.8 Å². The predicted octanol–water partition coefficient (Wildman–Crippen LogP) is 5.27. The van der Waals surface area contributed by atoms with Crippen LogP contribution in [0.15, 0.2) is 53.5 Å². The number of fused-ring (bicyclic) bond motifs is 1. The van der Waals surface area contributed by atoms with Crippen molar-refractivity contribution >= 4 is 11.5 Å². The third-order valence-electron chi connectivity index (χ3n) is 6.02. The minimum atomic E-state index is 0.216. The van der Waals surface area contributed by atoms with Crippen LogP contribution in [0.3, 0.4) is 0 Å². The Kier molecular flexibility index (Phi) is 5.31. The van der Waals surface area contributed by atoms with E-state index in [2.05, 4.69) is 72.8 Å². The van der Waals surface area contributed by atoms with E-state index in [1.165, 1.54) is 60.3 Å². The van der Waals surface area contributed by atoms with E-state index in [0.29, 0.717) is 0 Å². The third-order valence-corrected chi connectivity index (χ3v) is 6.02.